The van der Waals surface area contributed by atoms with Crippen LogP contribution >= 0.6 is 0 Å². The molecule has 2 heterocycles. The minimum Gasteiger partial charge on any atom is -0.497 e. The quantitative estimate of drug-likeness (QED) is 0.908. The molecular formula is C18H23NO5. The van der Waals surface area contributed by atoms with Crippen LogP contribution in [0.3, 0.4) is 0 Å². The van der Waals surface area contributed by atoms with Gasteiger partial charge in [0, 0.05) is 38.1 Å². The number of methoxy groups -OCH3 is 1. The van der Waals surface area contributed by atoms with Crippen molar-refractivity contribution < 1.29 is 24.2 Å². The van der Waals surface area contributed by atoms with Gasteiger partial charge in [-0.3, -0.25) is 9.59 Å². The maximum absolute atomic E-state index is 12.7. The van der Waals surface area contributed by atoms with Gasteiger partial charge >= 0.3 is 5.97 Å². The van der Waals surface area contributed by atoms with Crippen molar-refractivity contribution in [3.8, 4) is 5.75 Å². The van der Waals surface area contributed by atoms with Crippen LogP contribution < -0.4 is 4.74 Å². The first-order chi connectivity index (χ1) is 11.6. The monoisotopic (exact) mass is 333 g/mol. The van der Waals surface area contributed by atoms with E-state index in [9.17, 15) is 14.7 Å². The average Bonchev–Trinajstić information content (AvgIpc) is 3.07. The summed E-state index contributed by atoms with van der Waals surface area (Å²) < 4.78 is 10.5. The predicted octanol–water partition coefficient (Wildman–Crippen LogP) is 1.75. The molecule has 2 saturated heterocycles. The number of hydrogen-bond donors (Lipinski definition) is 1. The van der Waals surface area contributed by atoms with Crippen LogP contribution in [0.25, 0.3) is 0 Å². The lowest BCUT2D eigenvalue weighted by Crippen LogP contribution is -2.37. The van der Waals surface area contributed by atoms with Crippen LogP contribution in [0.5, 0.6) is 5.75 Å². The number of hydrogen-bond acceptors (Lipinski definition) is 4. The molecule has 130 valence electrons. The zero-order valence-electron chi connectivity index (χ0n) is 13.8. The van der Waals surface area contributed by atoms with Gasteiger partial charge < -0.3 is 19.5 Å². The van der Waals surface area contributed by atoms with E-state index in [0.29, 0.717) is 25.5 Å². The second kappa shape index (κ2) is 7.21. The van der Waals surface area contributed by atoms with Gasteiger partial charge in [-0.1, -0.05) is 12.1 Å². The number of carboxylic acid groups (broad SMARTS) is 1. The first-order valence-corrected chi connectivity index (χ1v) is 8.33. The highest BCUT2D eigenvalue weighted by Crippen LogP contribution is 2.35. The number of aliphatic carboxylic acids is 1. The molecule has 0 bridgehead atoms. The third-order valence-corrected chi connectivity index (χ3v) is 5.04. The van der Waals surface area contributed by atoms with Gasteiger partial charge in [0.05, 0.1) is 13.0 Å². The van der Waals surface area contributed by atoms with E-state index in [1.807, 2.05) is 24.3 Å². The van der Waals surface area contributed by atoms with Gasteiger partial charge in [-0.2, -0.15) is 0 Å². The Morgan fingerprint density at radius 3 is 2.67 bits per heavy atom. The molecule has 0 spiro atoms. The standard InChI is InChI=1S/C18H23NO5/c1-23-14-4-2-3-13(9-14)15-10-19(11-16(15)18(21)22)17(20)12-5-7-24-8-6-12/h2-4,9,12,15-16H,5-8,10-11H2,1H3,(H,21,22)/t15-,16+/m0/s1. The van der Waals surface area contributed by atoms with Crippen LogP contribution in [0.2, 0.25) is 0 Å². The Kier molecular flexibility index (Phi) is 5.04. The summed E-state index contributed by atoms with van der Waals surface area (Å²) in [5.74, 6) is -0.926. The third-order valence-electron chi connectivity index (χ3n) is 5.04. The van der Waals surface area contributed by atoms with Crippen molar-refractivity contribution in [1.29, 1.82) is 0 Å². The van der Waals surface area contributed by atoms with Crippen molar-refractivity contribution >= 4 is 11.9 Å². The first kappa shape index (κ1) is 16.8. The van der Waals surface area contributed by atoms with Gasteiger partial charge in [0.2, 0.25) is 5.91 Å². The van der Waals surface area contributed by atoms with Crippen molar-refractivity contribution in [3.63, 3.8) is 0 Å². The highest BCUT2D eigenvalue weighted by molar-refractivity contribution is 5.81. The Labute approximate surface area is 141 Å². The zero-order valence-corrected chi connectivity index (χ0v) is 13.8. The maximum atomic E-state index is 12.7. The van der Waals surface area contributed by atoms with Crippen molar-refractivity contribution in [1.82, 2.24) is 4.90 Å². The summed E-state index contributed by atoms with van der Waals surface area (Å²) in [6.45, 7) is 1.92. The first-order valence-electron chi connectivity index (χ1n) is 8.33. The molecule has 3 rings (SSSR count). The molecule has 2 atom stereocenters. The van der Waals surface area contributed by atoms with Crippen molar-refractivity contribution in [2.45, 2.75) is 18.8 Å². The Morgan fingerprint density at radius 2 is 2.00 bits per heavy atom. The fourth-order valence-electron chi connectivity index (χ4n) is 3.65. The number of nitrogens with zero attached hydrogens (tertiary/aromatic N) is 1. The average molecular weight is 333 g/mol. The van der Waals surface area contributed by atoms with Crippen LogP contribution in [0.1, 0.15) is 24.3 Å². The van der Waals surface area contributed by atoms with E-state index in [0.717, 1.165) is 18.4 Å². The molecule has 6 heteroatoms. The molecule has 2 aliphatic rings. The summed E-state index contributed by atoms with van der Waals surface area (Å²) in [7, 11) is 1.59. The van der Waals surface area contributed by atoms with Gasteiger partial charge in [-0.05, 0) is 30.5 Å². The van der Waals surface area contributed by atoms with E-state index in [-0.39, 0.29) is 24.3 Å². The van der Waals surface area contributed by atoms with E-state index < -0.39 is 11.9 Å². The lowest BCUT2D eigenvalue weighted by molar-refractivity contribution is -0.142. The molecular weight excluding hydrogens is 310 g/mol. The Morgan fingerprint density at radius 1 is 1.25 bits per heavy atom. The van der Waals surface area contributed by atoms with E-state index in [2.05, 4.69) is 0 Å². The topological polar surface area (TPSA) is 76.1 Å². The Bertz CT molecular complexity index is 611. The second-order valence-corrected chi connectivity index (χ2v) is 6.46. The molecule has 0 saturated carbocycles. The second-order valence-electron chi connectivity index (χ2n) is 6.46. The molecule has 0 unspecified atom stereocenters. The summed E-state index contributed by atoms with van der Waals surface area (Å²) >= 11 is 0. The molecule has 0 radical (unpaired) electrons. The smallest absolute Gasteiger partial charge is 0.308 e. The SMILES string of the molecule is COc1cccc([C@@H]2CN(C(=O)C3CCOCC3)C[C@H]2C(=O)O)c1. The Balaban J connectivity index is 1.78. The molecule has 1 aromatic carbocycles. The number of carboxylic acids is 1. The predicted molar refractivity (Wildman–Crippen MR) is 87.0 cm³/mol. The molecule has 0 aromatic heterocycles. The number of carbonyl (C=O) groups excluding carboxylic acids is 1. The third kappa shape index (κ3) is 3.38. The highest BCUT2D eigenvalue weighted by atomic mass is 16.5. The zero-order chi connectivity index (χ0) is 17.1. The van der Waals surface area contributed by atoms with Crippen molar-refractivity contribution in [2.75, 3.05) is 33.4 Å². The lowest BCUT2D eigenvalue weighted by Gasteiger charge is -2.26. The maximum Gasteiger partial charge on any atom is 0.308 e. The van der Waals surface area contributed by atoms with Crippen LogP contribution in [0, 0.1) is 11.8 Å². The Hall–Kier alpha value is -2.08. The highest BCUT2D eigenvalue weighted by Gasteiger charge is 2.42. The molecule has 2 aliphatic heterocycles. The largest absolute Gasteiger partial charge is 0.497 e. The summed E-state index contributed by atoms with van der Waals surface area (Å²) in [4.78, 5) is 26.1. The molecule has 1 aromatic rings. The number of ether oxygens (including phenoxy) is 2. The van der Waals surface area contributed by atoms with E-state index >= 15 is 0 Å². The van der Waals surface area contributed by atoms with E-state index in [1.165, 1.54) is 0 Å². The minimum atomic E-state index is -0.856. The number of likely N-dealkylation sites (tertiary alicyclic amines) is 1. The molecule has 1 amide bonds. The number of rotatable bonds is 4. The van der Waals surface area contributed by atoms with Gasteiger partial charge in [0.25, 0.3) is 0 Å². The molecule has 24 heavy (non-hydrogen) atoms. The molecule has 2 fully saturated rings. The summed E-state index contributed by atoms with van der Waals surface area (Å²) in [5.41, 5.74) is 0.907. The summed E-state index contributed by atoms with van der Waals surface area (Å²) in [6.07, 6.45) is 1.44. The van der Waals surface area contributed by atoms with Gasteiger partial charge in [0.1, 0.15) is 5.75 Å². The fraction of sp³-hybridized carbons (Fsp3) is 0.556. The number of benzene rings is 1. The van der Waals surface area contributed by atoms with Gasteiger partial charge in [-0.25, -0.2) is 0 Å². The minimum absolute atomic E-state index is 0.0442. The van der Waals surface area contributed by atoms with Crippen LogP contribution in [0.15, 0.2) is 24.3 Å². The van der Waals surface area contributed by atoms with E-state index in [1.54, 1.807) is 12.0 Å². The molecule has 0 aliphatic carbocycles. The lowest BCUT2D eigenvalue weighted by atomic mass is 9.89. The van der Waals surface area contributed by atoms with Gasteiger partial charge in [0.15, 0.2) is 0 Å². The summed E-state index contributed by atoms with van der Waals surface area (Å²) in [5, 5.41) is 9.59. The molecule has 6 nitrogen and oxygen atoms in total. The van der Waals surface area contributed by atoms with Crippen molar-refractivity contribution in [2.24, 2.45) is 11.8 Å². The normalized spacial score (nSPS) is 24.8. The van der Waals surface area contributed by atoms with Crippen LogP contribution in [-0.2, 0) is 14.3 Å². The van der Waals surface area contributed by atoms with Crippen LogP contribution in [-0.4, -0.2) is 55.3 Å². The van der Waals surface area contributed by atoms with Gasteiger partial charge in [-0.15, -0.1) is 0 Å². The van der Waals surface area contributed by atoms with Crippen LogP contribution in [0.4, 0.5) is 0 Å². The number of carbonyl (C=O) groups is 2. The summed E-state index contributed by atoms with van der Waals surface area (Å²) in [6, 6.07) is 7.46. The fourth-order valence-corrected chi connectivity index (χ4v) is 3.65. The van der Waals surface area contributed by atoms with E-state index in [4.69, 9.17) is 9.47 Å². The molecule has 1 N–H and O–H groups in total. The number of amides is 1. The van der Waals surface area contributed by atoms with Crippen molar-refractivity contribution in [3.05, 3.63) is 29.8 Å².